The molecule has 0 radical (unpaired) electrons. The highest BCUT2D eigenvalue weighted by Gasteiger charge is 2.29. The van der Waals surface area contributed by atoms with E-state index in [1.807, 2.05) is 13.0 Å². The van der Waals surface area contributed by atoms with Crippen LogP contribution in [0.1, 0.15) is 32.0 Å². The molecule has 1 heterocycles. The van der Waals surface area contributed by atoms with Crippen molar-refractivity contribution in [1.29, 1.82) is 0 Å². The Hall–Kier alpha value is -2.76. The number of aromatic amines is 1. The second-order valence-corrected chi connectivity index (χ2v) is 6.24. The number of ether oxygens (including phenoxy) is 2. The van der Waals surface area contributed by atoms with Crippen molar-refractivity contribution in [2.75, 3.05) is 6.61 Å². The number of hydrogen-bond acceptors (Lipinski definition) is 4. The number of aryl methyl sites for hydroxylation is 1. The first-order valence-electron chi connectivity index (χ1n) is 8.20. The number of amides is 1. The van der Waals surface area contributed by atoms with Gasteiger partial charge >= 0.3 is 0 Å². The van der Waals surface area contributed by atoms with Crippen LogP contribution in [0.2, 0.25) is 0 Å². The fourth-order valence-electron chi connectivity index (χ4n) is 2.36. The highest BCUT2D eigenvalue weighted by atomic mass is 16.5. The van der Waals surface area contributed by atoms with E-state index in [0.29, 0.717) is 12.4 Å². The molecule has 0 fully saturated rings. The molecule has 6 heteroatoms. The van der Waals surface area contributed by atoms with Gasteiger partial charge in [-0.1, -0.05) is 0 Å². The number of carbonyl (C=O) groups excluding carboxylic acids is 1. The minimum atomic E-state index is -1.05. The number of benzene rings is 1. The summed E-state index contributed by atoms with van der Waals surface area (Å²) in [5, 5.41) is 2.80. The molecule has 2 rings (SSSR count). The normalized spacial score (nSPS) is 11.0. The van der Waals surface area contributed by atoms with Crippen LogP contribution in [-0.2, 0) is 11.3 Å². The Morgan fingerprint density at radius 2 is 1.80 bits per heavy atom. The summed E-state index contributed by atoms with van der Waals surface area (Å²) in [7, 11) is 0. The zero-order valence-corrected chi connectivity index (χ0v) is 15.0. The molecule has 134 valence electrons. The molecule has 0 unspecified atom stereocenters. The minimum absolute atomic E-state index is 0.186. The van der Waals surface area contributed by atoms with Crippen molar-refractivity contribution in [1.82, 2.24) is 10.3 Å². The molecule has 6 nitrogen and oxygen atoms in total. The molecule has 0 saturated carbocycles. The third kappa shape index (κ3) is 5.38. The third-order valence-electron chi connectivity index (χ3n) is 3.55. The average Bonchev–Trinajstić information content (AvgIpc) is 2.53. The number of nitrogens with one attached hydrogen (secondary N) is 2. The van der Waals surface area contributed by atoms with E-state index < -0.39 is 5.60 Å². The molecule has 1 amide bonds. The lowest BCUT2D eigenvalue weighted by molar-refractivity contribution is -0.134. The molecule has 0 bridgehead atoms. The quantitative estimate of drug-likeness (QED) is 0.809. The number of H-pyrrole nitrogens is 1. The highest BCUT2D eigenvalue weighted by molar-refractivity contribution is 5.84. The van der Waals surface area contributed by atoms with Crippen molar-refractivity contribution in [3.05, 3.63) is 58.0 Å². The SMILES string of the molecule is CCOc1ccc(OC(C)(C)C(=O)NCc2cc(C)[nH]c(=O)c2)cc1. The van der Waals surface area contributed by atoms with Gasteiger partial charge in [-0.15, -0.1) is 0 Å². The lowest BCUT2D eigenvalue weighted by Gasteiger charge is -2.25. The van der Waals surface area contributed by atoms with Gasteiger partial charge in [0.25, 0.3) is 5.91 Å². The summed E-state index contributed by atoms with van der Waals surface area (Å²) in [5.41, 5.74) is 0.255. The van der Waals surface area contributed by atoms with Crippen LogP contribution < -0.4 is 20.3 Å². The highest BCUT2D eigenvalue weighted by Crippen LogP contribution is 2.22. The first-order valence-corrected chi connectivity index (χ1v) is 8.20. The van der Waals surface area contributed by atoms with E-state index in [-0.39, 0.29) is 18.0 Å². The van der Waals surface area contributed by atoms with E-state index in [4.69, 9.17) is 9.47 Å². The van der Waals surface area contributed by atoms with Crippen LogP contribution in [-0.4, -0.2) is 23.1 Å². The second kappa shape index (κ2) is 7.88. The summed E-state index contributed by atoms with van der Waals surface area (Å²) in [6.07, 6.45) is 0. The van der Waals surface area contributed by atoms with Crippen LogP contribution in [0.25, 0.3) is 0 Å². The number of pyridine rings is 1. The van der Waals surface area contributed by atoms with E-state index >= 15 is 0 Å². The van der Waals surface area contributed by atoms with Crippen molar-refractivity contribution < 1.29 is 14.3 Å². The van der Waals surface area contributed by atoms with E-state index in [2.05, 4.69) is 10.3 Å². The summed E-state index contributed by atoms with van der Waals surface area (Å²) in [4.78, 5) is 26.6. The van der Waals surface area contributed by atoms with E-state index in [1.54, 1.807) is 45.0 Å². The van der Waals surface area contributed by atoms with Crippen molar-refractivity contribution in [3.8, 4) is 11.5 Å². The number of rotatable bonds is 7. The molecule has 1 aromatic carbocycles. The molecule has 25 heavy (non-hydrogen) atoms. The summed E-state index contributed by atoms with van der Waals surface area (Å²) in [6, 6.07) is 10.4. The summed E-state index contributed by atoms with van der Waals surface area (Å²) < 4.78 is 11.2. The van der Waals surface area contributed by atoms with Gasteiger partial charge < -0.3 is 19.8 Å². The monoisotopic (exact) mass is 344 g/mol. The fraction of sp³-hybridized carbons (Fsp3) is 0.368. The van der Waals surface area contributed by atoms with Crippen LogP contribution >= 0.6 is 0 Å². The third-order valence-corrected chi connectivity index (χ3v) is 3.55. The van der Waals surface area contributed by atoms with Crippen molar-refractivity contribution in [2.24, 2.45) is 0 Å². The predicted molar refractivity (Wildman–Crippen MR) is 96.0 cm³/mol. The van der Waals surface area contributed by atoms with Crippen LogP contribution in [0.3, 0.4) is 0 Å². The fourth-order valence-corrected chi connectivity index (χ4v) is 2.36. The van der Waals surface area contributed by atoms with Crippen LogP contribution in [0.4, 0.5) is 0 Å². The smallest absolute Gasteiger partial charge is 0.263 e. The molecule has 1 aromatic heterocycles. The standard InChI is InChI=1S/C19H24N2O4/c1-5-24-15-6-8-16(9-7-15)25-19(3,4)18(23)20-12-14-10-13(2)21-17(22)11-14/h6-11H,5,12H2,1-4H3,(H,20,23)(H,21,22). The van der Waals surface area contributed by atoms with Gasteiger partial charge in [-0.25, -0.2) is 0 Å². The first-order chi connectivity index (χ1) is 11.8. The second-order valence-electron chi connectivity index (χ2n) is 6.24. The Bertz CT molecular complexity index is 779. The van der Waals surface area contributed by atoms with Gasteiger partial charge in [-0.05, 0) is 63.6 Å². The van der Waals surface area contributed by atoms with Crippen molar-refractivity contribution >= 4 is 5.91 Å². The molecule has 0 aliphatic carbocycles. The zero-order valence-electron chi connectivity index (χ0n) is 15.0. The summed E-state index contributed by atoms with van der Waals surface area (Å²) >= 11 is 0. The van der Waals surface area contributed by atoms with E-state index in [9.17, 15) is 9.59 Å². The van der Waals surface area contributed by atoms with Crippen LogP contribution in [0.15, 0.2) is 41.2 Å². The Kier molecular flexibility index (Phi) is 5.85. The molecule has 0 aliphatic heterocycles. The molecule has 2 N–H and O–H groups in total. The largest absolute Gasteiger partial charge is 0.494 e. The Labute approximate surface area is 147 Å². The minimum Gasteiger partial charge on any atom is -0.494 e. The zero-order chi connectivity index (χ0) is 18.4. The molecule has 0 saturated heterocycles. The van der Waals surface area contributed by atoms with E-state index in [1.165, 1.54) is 6.07 Å². The Morgan fingerprint density at radius 3 is 2.40 bits per heavy atom. The lowest BCUT2D eigenvalue weighted by Crippen LogP contribution is -2.46. The summed E-state index contributed by atoms with van der Waals surface area (Å²) in [5.74, 6) is 1.07. The van der Waals surface area contributed by atoms with Crippen LogP contribution in [0, 0.1) is 6.92 Å². The van der Waals surface area contributed by atoms with Crippen LogP contribution in [0.5, 0.6) is 11.5 Å². The lowest BCUT2D eigenvalue weighted by atomic mass is 10.1. The molecule has 0 spiro atoms. The maximum atomic E-state index is 12.4. The van der Waals surface area contributed by atoms with Gasteiger partial charge in [0.2, 0.25) is 5.56 Å². The van der Waals surface area contributed by atoms with Gasteiger partial charge in [-0.3, -0.25) is 9.59 Å². The molecular weight excluding hydrogens is 320 g/mol. The number of hydrogen-bond donors (Lipinski definition) is 2. The molecule has 0 aliphatic rings. The Balaban J connectivity index is 1.97. The van der Waals surface area contributed by atoms with Gasteiger partial charge in [0.1, 0.15) is 11.5 Å². The first kappa shape index (κ1) is 18.6. The molecular formula is C19H24N2O4. The van der Waals surface area contributed by atoms with Gasteiger partial charge in [0.15, 0.2) is 5.60 Å². The van der Waals surface area contributed by atoms with Crippen molar-refractivity contribution in [3.63, 3.8) is 0 Å². The summed E-state index contributed by atoms with van der Waals surface area (Å²) in [6.45, 7) is 7.96. The van der Waals surface area contributed by atoms with Crippen molar-refractivity contribution in [2.45, 2.75) is 39.8 Å². The number of aromatic nitrogens is 1. The average molecular weight is 344 g/mol. The Morgan fingerprint density at radius 1 is 1.16 bits per heavy atom. The maximum absolute atomic E-state index is 12.4. The van der Waals surface area contributed by atoms with Gasteiger partial charge in [-0.2, -0.15) is 0 Å². The molecule has 0 atom stereocenters. The topological polar surface area (TPSA) is 80.4 Å². The predicted octanol–water partition coefficient (Wildman–Crippen LogP) is 2.56. The van der Waals surface area contributed by atoms with Gasteiger partial charge in [0.05, 0.1) is 6.61 Å². The maximum Gasteiger partial charge on any atom is 0.263 e. The molecule has 2 aromatic rings. The van der Waals surface area contributed by atoms with Gasteiger partial charge in [0, 0.05) is 18.3 Å². The number of carbonyl (C=O) groups is 1. The van der Waals surface area contributed by atoms with E-state index in [0.717, 1.165) is 17.0 Å².